The number of hydrogen-bond donors (Lipinski definition) is 1. The second-order valence-electron chi connectivity index (χ2n) is 4.49. The van der Waals surface area contributed by atoms with E-state index in [1.165, 1.54) is 12.5 Å². The molecule has 19 heavy (non-hydrogen) atoms. The van der Waals surface area contributed by atoms with Crippen molar-refractivity contribution in [3.05, 3.63) is 36.0 Å². The number of benzene rings is 1. The summed E-state index contributed by atoms with van der Waals surface area (Å²) in [5, 5.41) is 7.20. The zero-order chi connectivity index (χ0) is 12.4. The van der Waals surface area contributed by atoms with Gasteiger partial charge < -0.3 is 9.84 Å². The van der Waals surface area contributed by atoms with Crippen LogP contribution in [0.4, 0.5) is 4.39 Å². The highest BCUT2D eigenvalue weighted by Crippen LogP contribution is 2.20. The van der Waals surface area contributed by atoms with E-state index >= 15 is 0 Å². The molecule has 3 rings (SSSR count). The molecule has 102 valence electrons. The van der Waals surface area contributed by atoms with Crippen LogP contribution in [0.25, 0.3) is 11.4 Å². The van der Waals surface area contributed by atoms with Gasteiger partial charge in [0.2, 0.25) is 11.7 Å². The van der Waals surface area contributed by atoms with Crippen LogP contribution in [0, 0.1) is 5.82 Å². The largest absolute Gasteiger partial charge is 0.339 e. The summed E-state index contributed by atoms with van der Waals surface area (Å²) in [6.45, 7) is 1.04. The maximum atomic E-state index is 13.6. The SMILES string of the molecule is Cl.Fc1ccccc1-c1noc(CC2CCCN2)n1. The van der Waals surface area contributed by atoms with E-state index in [-0.39, 0.29) is 18.2 Å². The molecular formula is C13H15ClFN3O. The summed E-state index contributed by atoms with van der Waals surface area (Å²) in [5.41, 5.74) is 0.381. The van der Waals surface area contributed by atoms with Crippen LogP contribution in [-0.2, 0) is 6.42 Å². The van der Waals surface area contributed by atoms with Crippen molar-refractivity contribution in [1.82, 2.24) is 15.5 Å². The van der Waals surface area contributed by atoms with Crippen molar-refractivity contribution < 1.29 is 8.91 Å². The van der Waals surface area contributed by atoms with Gasteiger partial charge in [0.15, 0.2) is 0 Å². The van der Waals surface area contributed by atoms with E-state index < -0.39 is 0 Å². The second-order valence-corrected chi connectivity index (χ2v) is 4.49. The van der Waals surface area contributed by atoms with E-state index in [4.69, 9.17) is 4.52 Å². The van der Waals surface area contributed by atoms with Crippen LogP contribution in [0.5, 0.6) is 0 Å². The van der Waals surface area contributed by atoms with Crippen LogP contribution in [0.15, 0.2) is 28.8 Å². The number of nitrogens with one attached hydrogen (secondary N) is 1. The van der Waals surface area contributed by atoms with Crippen molar-refractivity contribution in [2.24, 2.45) is 0 Å². The third-order valence-electron chi connectivity index (χ3n) is 3.17. The molecule has 1 aliphatic heterocycles. The fraction of sp³-hybridized carbons (Fsp3) is 0.385. The summed E-state index contributed by atoms with van der Waals surface area (Å²) in [4.78, 5) is 4.25. The summed E-state index contributed by atoms with van der Waals surface area (Å²) >= 11 is 0. The minimum atomic E-state index is -0.330. The van der Waals surface area contributed by atoms with Gasteiger partial charge in [0, 0.05) is 12.5 Å². The van der Waals surface area contributed by atoms with E-state index in [1.54, 1.807) is 18.2 Å². The number of hydrogen-bond acceptors (Lipinski definition) is 4. The zero-order valence-electron chi connectivity index (χ0n) is 10.3. The first-order chi connectivity index (χ1) is 8.83. The molecule has 2 heterocycles. The van der Waals surface area contributed by atoms with E-state index in [0.717, 1.165) is 13.0 Å². The summed E-state index contributed by atoms with van der Waals surface area (Å²) in [7, 11) is 0. The average molecular weight is 284 g/mol. The van der Waals surface area contributed by atoms with Crippen LogP contribution < -0.4 is 5.32 Å². The Morgan fingerprint density at radius 3 is 2.95 bits per heavy atom. The summed E-state index contributed by atoms with van der Waals surface area (Å²) in [5.74, 6) is 0.553. The van der Waals surface area contributed by atoms with Gasteiger partial charge in [0.25, 0.3) is 0 Å². The van der Waals surface area contributed by atoms with Gasteiger partial charge in [0.05, 0.1) is 5.56 Å². The number of rotatable bonds is 3. The van der Waals surface area contributed by atoms with Gasteiger partial charge in [0.1, 0.15) is 5.82 Å². The maximum Gasteiger partial charge on any atom is 0.228 e. The highest BCUT2D eigenvalue weighted by Gasteiger charge is 2.19. The van der Waals surface area contributed by atoms with Crippen molar-refractivity contribution in [2.75, 3.05) is 6.54 Å². The van der Waals surface area contributed by atoms with Crippen LogP contribution >= 0.6 is 12.4 Å². The lowest BCUT2D eigenvalue weighted by Gasteiger charge is -2.04. The molecule has 1 aromatic carbocycles. The molecule has 1 aliphatic rings. The third-order valence-corrected chi connectivity index (χ3v) is 3.17. The van der Waals surface area contributed by atoms with Crippen molar-refractivity contribution >= 4 is 12.4 Å². The molecule has 6 heteroatoms. The fourth-order valence-corrected chi connectivity index (χ4v) is 2.23. The van der Waals surface area contributed by atoms with Gasteiger partial charge in [-0.2, -0.15) is 4.98 Å². The predicted molar refractivity (Wildman–Crippen MR) is 71.7 cm³/mol. The zero-order valence-corrected chi connectivity index (χ0v) is 11.1. The Kier molecular flexibility index (Phi) is 4.50. The molecule has 0 spiro atoms. The summed E-state index contributed by atoms with van der Waals surface area (Å²) in [6.07, 6.45) is 3.01. The van der Waals surface area contributed by atoms with E-state index in [2.05, 4.69) is 15.5 Å². The first kappa shape index (κ1) is 14.0. The molecule has 1 N–H and O–H groups in total. The molecule has 4 nitrogen and oxygen atoms in total. The first-order valence-corrected chi connectivity index (χ1v) is 6.14. The Morgan fingerprint density at radius 1 is 1.37 bits per heavy atom. The van der Waals surface area contributed by atoms with Gasteiger partial charge in [-0.05, 0) is 31.5 Å². The Hall–Kier alpha value is -1.46. The highest BCUT2D eigenvalue weighted by atomic mass is 35.5. The number of halogens is 2. The van der Waals surface area contributed by atoms with E-state index in [9.17, 15) is 4.39 Å². The predicted octanol–water partition coefficient (Wildman–Crippen LogP) is 2.59. The summed E-state index contributed by atoms with van der Waals surface area (Å²) in [6, 6.07) is 6.84. The Bertz CT molecular complexity index is 540. The normalized spacial score (nSPS) is 18.3. The molecule has 1 aromatic heterocycles. The molecule has 1 unspecified atom stereocenters. The number of nitrogens with zero attached hydrogens (tertiary/aromatic N) is 2. The Morgan fingerprint density at radius 2 is 2.21 bits per heavy atom. The number of aromatic nitrogens is 2. The standard InChI is InChI=1S/C13H14FN3O.ClH/c14-11-6-2-1-5-10(11)13-16-12(18-17-13)8-9-4-3-7-15-9;/h1-2,5-6,9,15H,3-4,7-8H2;1H. The van der Waals surface area contributed by atoms with Crippen LogP contribution in [-0.4, -0.2) is 22.7 Å². The fourth-order valence-electron chi connectivity index (χ4n) is 2.23. The van der Waals surface area contributed by atoms with Crippen LogP contribution in [0.3, 0.4) is 0 Å². The topological polar surface area (TPSA) is 51.0 Å². The Labute approximate surface area is 116 Å². The monoisotopic (exact) mass is 283 g/mol. The molecular weight excluding hydrogens is 269 g/mol. The van der Waals surface area contributed by atoms with Gasteiger partial charge in [-0.1, -0.05) is 17.3 Å². The van der Waals surface area contributed by atoms with Crippen molar-refractivity contribution in [3.63, 3.8) is 0 Å². The smallest absolute Gasteiger partial charge is 0.228 e. The molecule has 2 aromatic rings. The van der Waals surface area contributed by atoms with E-state index in [0.29, 0.717) is 29.7 Å². The molecule has 0 aliphatic carbocycles. The van der Waals surface area contributed by atoms with Gasteiger partial charge >= 0.3 is 0 Å². The average Bonchev–Trinajstić information content (AvgIpc) is 3.02. The molecule has 0 bridgehead atoms. The van der Waals surface area contributed by atoms with Crippen molar-refractivity contribution in [1.29, 1.82) is 0 Å². The lowest BCUT2D eigenvalue weighted by atomic mass is 10.1. The lowest BCUT2D eigenvalue weighted by molar-refractivity contribution is 0.364. The van der Waals surface area contributed by atoms with Gasteiger partial charge in [-0.25, -0.2) is 4.39 Å². The molecule has 0 amide bonds. The highest BCUT2D eigenvalue weighted by molar-refractivity contribution is 5.85. The van der Waals surface area contributed by atoms with Crippen LogP contribution in [0.2, 0.25) is 0 Å². The quantitative estimate of drug-likeness (QED) is 0.941. The van der Waals surface area contributed by atoms with Crippen molar-refractivity contribution in [3.8, 4) is 11.4 Å². The minimum absolute atomic E-state index is 0. The van der Waals surface area contributed by atoms with Crippen molar-refractivity contribution in [2.45, 2.75) is 25.3 Å². The maximum absolute atomic E-state index is 13.6. The molecule has 1 atom stereocenters. The Balaban J connectivity index is 0.00000133. The molecule has 1 saturated heterocycles. The second kappa shape index (κ2) is 6.12. The lowest BCUT2D eigenvalue weighted by Crippen LogP contribution is -2.23. The van der Waals surface area contributed by atoms with Gasteiger partial charge in [-0.15, -0.1) is 12.4 Å². The van der Waals surface area contributed by atoms with Crippen LogP contribution in [0.1, 0.15) is 18.7 Å². The summed E-state index contributed by atoms with van der Waals surface area (Å²) < 4.78 is 18.7. The van der Waals surface area contributed by atoms with E-state index in [1.807, 2.05) is 0 Å². The minimum Gasteiger partial charge on any atom is -0.339 e. The van der Waals surface area contributed by atoms with Gasteiger partial charge in [-0.3, -0.25) is 0 Å². The molecule has 1 fully saturated rings. The first-order valence-electron chi connectivity index (χ1n) is 6.14. The third kappa shape index (κ3) is 3.11. The molecule has 0 radical (unpaired) electrons. The molecule has 0 saturated carbocycles.